The van der Waals surface area contributed by atoms with E-state index in [1.54, 1.807) is 12.1 Å². The third kappa shape index (κ3) is 5.48. The van der Waals surface area contributed by atoms with Crippen LogP contribution in [0.25, 0.3) is 0 Å². The molecule has 2 aromatic rings. The van der Waals surface area contributed by atoms with Crippen molar-refractivity contribution in [3.63, 3.8) is 0 Å². The molecule has 1 amide bonds. The van der Waals surface area contributed by atoms with Crippen molar-refractivity contribution in [2.75, 3.05) is 24.6 Å². The fourth-order valence-corrected chi connectivity index (χ4v) is 10.4. The van der Waals surface area contributed by atoms with Gasteiger partial charge in [0.1, 0.15) is 5.75 Å². The highest BCUT2D eigenvalue weighted by Crippen LogP contribution is 2.47. The summed E-state index contributed by atoms with van der Waals surface area (Å²) in [5.74, 6) is 0.393. The van der Waals surface area contributed by atoms with Gasteiger partial charge in [0.05, 0.1) is 23.6 Å². The quantitative estimate of drug-likeness (QED) is 0.399. The summed E-state index contributed by atoms with van der Waals surface area (Å²) >= 11 is 6.40. The van der Waals surface area contributed by atoms with E-state index in [9.17, 15) is 18.3 Å². The second-order valence-electron chi connectivity index (χ2n) is 13.7. The number of carbonyl (C=O) groups is 1. The van der Waals surface area contributed by atoms with Crippen molar-refractivity contribution in [1.29, 1.82) is 0 Å². The zero-order valence-corrected chi connectivity index (χ0v) is 26.2. The maximum absolute atomic E-state index is 13.6. The molecule has 9 heteroatoms. The number of allylic oxidation sites excluding steroid dienone is 1. The Morgan fingerprint density at radius 3 is 2.67 bits per heavy atom. The minimum absolute atomic E-state index is 0.0499. The van der Waals surface area contributed by atoms with Crippen LogP contribution in [0.4, 0.5) is 5.69 Å². The Morgan fingerprint density at radius 1 is 1.09 bits per heavy atom. The van der Waals surface area contributed by atoms with Crippen molar-refractivity contribution < 1.29 is 23.1 Å². The molecule has 2 bridgehead atoms. The summed E-state index contributed by atoms with van der Waals surface area (Å²) in [7, 11) is -3.91. The van der Waals surface area contributed by atoms with Gasteiger partial charge in [-0.2, -0.15) is 0 Å². The number of carbonyl (C=O) groups excluding carboxylic acids is 1. The monoisotopic (exact) mass is 624 g/mol. The molecule has 43 heavy (non-hydrogen) atoms. The van der Waals surface area contributed by atoms with Gasteiger partial charge in [-0.05, 0) is 116 Å². The number of halogens is 1. The van der Waals surface area contributed by atoms with Gasteiger partial charge in [-0.3, -0.25) is 4.79 Å². The molecule has 2 N–H and O–H groups in total. The fraction of sp³-hybridized carbons (Fsp3) is 0.559. The molecule has 2 saturated carbocycles. The molecule has 5 aliphatic rings. The number of nitrogens with zero attached hydrogens (tertiary/aromatic N) is 1. The summed E-state index contributed by atoms with van der Waals surface area (Å²) in [6, 6.07) is 11.5. The lowest BCUT2D eigenvalue weighted by Crippen LogP contribution is -2.49. The van der Waals surface area contributed by atoms with Crippen LogP contribution in [-0.4, -0.2) is 50.5 Å². The summed E-state index contributed by atoms with van der Waals surface area (Å²) in [4.78, 5) is 15.9. The summed E-state index contributed by atoms with van der Waals surface area (Å²) in [6.07, 6.45) is 10.4. The third-order valence-electron chi connectivity index (χ3n) is 10.8. The normalized spacial score (nSPS) is 34.5. The van der Waals surface area contributed by atoms with Crippen molar-refractivity contribution >= 4 is 33.2 Å². The fourth-order valence-electron chi connectivity index (χ4n) is 8.22. The van der Waals surface area contributed by atoms with Gasteiger partial charge in [-0.15, -0.1) is 0 Å². The summed E-state index contributed by atoms with van der Waals surface area (Å²) in [5.41, 5.74) is 3.38. The Bertz CT molecular complexity index is 1560. The van der Waals surface area contributed by atoms with E-state index >= 15 is 0 Å². The minimum atomic E-state index is -3.91. The molecule has 2 aromatic carbocycles. The zero-order chi connectivity index (χ0) is 29.9. The van der Waals surface area contributed by atoms with Crippen LogP contribution < -0.4 is 14.4 Å². The molecule has 7 rings (SSSR count). The lowest BCUT2D eigenvalue weighted by molar-refractivity contribution is 0.0455. The van der Waals surface area contributed by atoms with Gasteiger partial charge >= 0.3 is 0 Å². The molecule has 7 nitrogen and oxygen atoms in total. The van der Waals surface area contributed by atoms with Crippen molar-refractivity contribution in [2.45, 2.75) is 75.1 Å². The van der Waals surface area contributed by atoms with E-state index in [1.165, 1.54) is 11.1 Å². The maximum Gasteiger partial charge on any atom is 0.264 e. The second-order valence-corrected chi connectivity index (χ2v) is 16.0. The number of amides is 1. The van der Waals surface area contributed by atoms with Crippen molar-refractivity contribution in [2.24, 2.45) is 23.7 Å². The first-order valence-electron chi connectivity index (χ1n) is 15.8. The standard InChI is InChI=1S/C34H41ClN2O5S/c1-21-4-2-6-30(38)27-12-9-25(27)18-37-19-34(15-3-5-23-16-26(35)11-13-28(23)34)20-42-31-14-10-24(17-29(31)37)33(39)36-43(40,41)32(21)22-7-8-22/h2,6,10-11,13-14,16-17,21-22,25,27,30,32,38H,3-5,7-9,12,15,18-20H2,1H3,(H,36,39)/b6-2+/t21-,25+,27-,30+,32?,34+/m1/s1. The van der Waals surface area contributed by atoms with Gasteiger partial charge in [-0.25, -0.2) is 13.1 Å². The molecule has 6 atom stereocenters. The highest BCUT2D eigenvalue weighted by molar-refractivity contribution is 7.90. The Hall–Kier alpha value is -2.55. The van der Waals surface area contributed by atoms with Crippen molar-refractivity contribution in [3.05, 3.63) is 70.3 Å². The summed E-state index contributed by atoms with van der Waals surface area (Å²) < 4.78 is 36.2. The number of ether oxygens (including phenoxy) is 1. The predicted octanol–water partition coefficient (Wildman–Crippen LogP) is 5.63. The Labute approximate surface area is 259 Å². The molecular weight excluding hydrogens is 584 g/mol. The lowest BCUT2D eigenvalue weighted by atomic mass is 9.68. The van der Waals surface area contributed by atoms with Gasteiger partial charge in [0.25, 0.3) is 5.91 Å². The average molecular weight is 625 g/mol. The first kappa shape index (κ1) is 29.2. The number of nitrogens with one attached hydrogen (secondary N) is 1. The molecule has 0 aromatic heterocycles. The molecule has 1 unspecified atom stereocenters. The van der Waals surface area contributed by atoms with E-state index in [1.807, 2.05) is 31.2 Å². The highest BCUT2D eigenvalue weighted by Gasteiger charge is 2.46. The number of aliphatic hydroxyl groups is 1. The molecule has 230 valence electrons. The first-order valence-corrected chi connectivity index (χ1v) is 17.8. The number of benzene rings is 2. The topological polar surface area (TPSA) is 95.9 Å². The van der Waals surface area contributed by atoms with E-state index in [0.29, 0.717) is 36.8 Å². The Balaban J connectivity index is 1.29. The zero-order valence-electron chi connectivity index (χ0n) is 24.7. The summed E-state index contributed by atoms with van der Waals surface area (Å²) in [6.45, 7) is 3.86. The number of hydrogen-bond donors (Lipinski definition) is 2. The first-order chi connectivity index (χ1) is 20.6. The molecule has 2 heterocycles. The Morgan fingerprint density at radius 2 is 1.91 bits per heavy atom. The molecule has 3 aliphatic carbocycles. The van der Waals surface area contributed by atoms with Crippen LogP contribution in [0, 0.1) is 23.7 Å². The molecule has 0 radical (unpaired) electrons. The number of aliphatic hydroxyl groups excluding tert-OH is 1. The van der Waals surface area contributed by atoms with E-state index in [-0.39, 0.29) is 23.2 Å². The lowest BCUT2D eigenvalue weighted by Gasteiger charge is -2.45. The van der Waals surface area contributed by atoms with E-state index < -0.39 is 27.3 Å². The van der Waals surface area contributed by atoms with Crippen LogP contribution in [0.2, 0.25) is 5.02 Å². The SMILES string of the molecule is C[C@@H]1C/C=C/[C@H](O)[C@@H]2CC[C@H]2CN2C[C@@]3(CCCc4cc(Cl)ccc43)COc3ccc(cc32)C(=O)NS(=O)(=O)C1C1CC1. The van der Waals surface area contributed by atoms with Gasteiger partial charge < -0.3 is 14.7 Å². The maximum atomic E-state index is 13.6. The minimum Gasteiger partial charge on any atom is -0.490 e. The highest BCUT2D eigenvalue weighted by atomic mass is 35.5. The van der Waals surface area contributed by atoms with Crippen LogP contribution >= 0.6 is 11.6 Å². The second kappa shape index (κ2) is 11.1. The van der Waals surface area contributed by atoms with Gasteiger partial charge in [0, 0.05) is 29.1 Å². The largest absolute Gasteiger partial charge is 0.490 e. The smallest absolute Gasteiger partial charge is 0.264 e. The third-order valence-corrected chi connectivity index (χ3v) is 13.0. The number of rotatable bonds is 1. The summed E-state index contributed by atoms with van der Waals surface area (Å²) in [5, 5.41) is 11.3. The van der Waals surface area contributed by atoms with E-state index in [2.05, 4.69) is 21.8 Å². The Kier molecular flexibility index (Phi) is 7.54. The van der Waals surface area contributed by atoms with Crippen LogP contribution in [-0.2, 0) is 21.9 Å². The molecular formula is C34H41ClN2O5S. The average Bonchev–Trinajstić information content (AvgIpc) is 3.78. The van der Waals surface area contributed by atoms with Crippen LogP contribution in [0.5, 0.6) is 5.75 Å². The van der Waals surface area contributed by atoms with Gasteiger partial charge in [0.2, 0.25) is 10.0 Å². The van der Waals surface area contributed by atoms with Crippen LogP contribution in [0.1, 0.15) is 73.4 Å². The van der Waals surface area contributed by atoms with Crippen LogP contribution in [0.15, 0.2) is 48.6 Å². The number of aryl methyl sites for hydroxylation is 1. The number of fused-ring (bicyclic) bond motifs is 4. The van der Waals surface area contributed by atoms with Gasteiger partial charge in [-0.1, -0.05) is 36.7 Å². The van der Waals surface area contributed by atoms with Crippen molar-refractivity contribution in [3.8, 4) is 5.75 Å². The number of hydrogen-bond acceptors (Lipinski definition) is 6. The molecule has 0 saturated heterocycles. The number of anilines is 1. The number of sulfonamides is 1. The molecule has 1 spiro atoms. The van der Waals surface area contributed by atoms with Crippen molar-refractivity contribution in [1.82, 2.24) is 4.72 Å². The van der Waals surface area contributed by atoms with Gasteiger partial charge in [0.15, 0.2) is 0 Å². The molecule has 2 aliphatic heterocycles. The predicted molar refractivity (Wildman–Crippen MR) is 168 cm³/mol. The molecule has 2 fully saturated rings. The van der Waals surface area contributed by atoms with Crippen LogP contribution in [0.3, 0.4) is 0 Å². The van der Waals surface area contributed by atoms with E-state index in [0.717, 1.165) is 62.2 Å². The van der Waals surface area contributed by atoms with E-state index in [4.69, 9.17) is 16.3 Å².